The zero-order valence-electron chi connectivity index (χ0n) is 17.0. The molecule has 0 aromatic heterocycles. The molecule has 2 N–H and O–H groups in total. The molecule has 8 heteroatoms. The van der Waals surface area contributed by atoms with Crippen molar-refractivity contribution in [3.63, 3.8) is 0 Å². The van der Waals surface area contributed by atoms with Gasteiger partial charge in [0.15, 0.2) is 0 Å². The summed E-state index contributed by atoms with van der Waals surface area (Å²) in [6, 6.07) is 21.2. The molecule has 0 unspecified atom stereocenters. The van der Waals surface area contributed by atoms with E-state index in [0.717, 1.165) is 10.8 Å². The number of carbonyl (C=O) groups excluding carboxylic acids is 2. The summed E-state index contributed by atoms with van der Waals surface area (Å²) in [5.41, 5.74) is 3.42. The Labute approximate surface area is 199 Å². The molecule has 0 spiro atoms. The number of benzene rings is 4. The molecule has 6 nitrogen and oxygen atoms in total. The Balaban J connectivity index is 1.63. The van der Waals surface area contributed by atoms with E-state index in [1.807, 2.05) is 30.3 Å². The van der Waals surface area contributed by atoms with E-state index in [-0.39, 0.29) is 22.1 Å². The standard InChI is InChI=1S/C25H16Cl2N2O4/c26-17-8-11-20(22(27)13-17)25(32)33-23-12-7-15-3-1-2-4-19(15)21(23)14-28-29-24(31)16-5-9-18(30)10-6-16/h1-14,30H,(H,29,31)/b28-14-. The van der Waals surface area contributed by atoms with Gasteiger partial charge in [0.25, 0.3) is 5.91 Å². The molecule has 0 saturated heterocycles. The highest BCUT2D eigenvalue weighted by molar-refractivity contribution is 6.36. The first-order valence-corrected chi connectivity index (χ1v) is 10.5. The minimum absolute atomic E-state index is 0.0538. The van der Waals surface area contributed by atoms with E-state index < -0.39 is 11.9 Å². The van der Waals surface area contributed by atoms with Gasteiger partial charge in [0.2, 0.25) is 0 Å². The van der Waals surface area contributed by atoms with Gasteiger partial charge in [-0.1, -0.05) is 53.5 Å². The van der Waals surface area contributed by atoms with Crippen LogP contribution >= 0.6 is 23.2 Å². The second kappa shape index (κ2) is 9.73. The third kappa shape index (κ3) is 5.14. The largest absolute Gasteiger partial charge is 0.508 e. The number of aromatic hydroxyl groups is 1. The number of fused-ring (bicyclic) bond motifs is 1. The van der Waals surface area contributed by atoms with Gasteiger partial charge in [-0.25, -0.2) is 10.2 Å². The lowest BCUT2D eigenvalue weighted by Gasteiger charge is -2.11. The van der Waals surface area contributed by atoms with Gasteiger partial charge in [-0.3, -0.25) is 4.79 Å². The van der Waals surface area contributed by atoms with E-state index in [1.165, 1.54) is 42.6 Å². The number of ether oxygens (including phenoxy) is 1. The van der Waals surface area contributed by atoms with Crippen LogP contribution in [0, 0.1) is 0 Å². The first kappa shape index (κ1) is 22.3. The molecule has 4 aromatic carbocycles. The Morgan fingerprint density at radius 1 is 0.939 bits per heavy atom. The first-order chi connectivity index (χ1) is 15.9. The van der Waals surface area contributed by atoms with Crippen LogP contribution in [-0.2, 0) is 0 Å². The molecule has 4 aromatic rings. The van der Waals surface area contributed by atoms with Crippen LogP contribution in [0.25, 0.3) is 10.8 Å². The summed E-state index contributed by atoms with van der Waals surface area (Å²) in [5.74, 6) is -0.821. The smallest absolute Gasteiger partial charge is 0.345 e. The summed E-state index contributed by atoms with van der Waals surface area (Å²) in [5, 5.41) is 15.6. The predicted molar refractivity (Wildman–Crippen MR) is 129 cm³/mol. The van der Waals surface area contributed by atoms with Crippen LogP contribution in [0.15, 0.2) is 84.0 Å². The molecule has 0 aliphatic carbocycles. The van der Waals surface area contributed by atoms with Gasteiger partial charge in [-0.05, 0) is 59.3 Å². The summed E-state index contributed by atoms with van der Waals surface area (Å²) in [6.45, 7) is 0. The molecule has 164 valence electrons. The maximum absolute atomic E-state index is 12.7. The fourth-order valence-corrected chi connectivity index (χ4v) is 3.63. The van der Waals surface area contributed by atoms with Crippen LogP contribution in [0.2, 0.25) is 10.0 Å². The number of hydrazone groups is 1. The first-order valence-electron chi connectivity index (χ1n) is 9.74. The molecular formula is C25H16Cl2N2O4. The highest BCUT2D eigenvalue weighted by Crippen LogP contribution is 2.29. The van der Waals surface area contributed by atoms with Gasteiger partial charge < -0.3 is 9.84 Å². The van der Waals surface area contributed by atoms with Crippen molar-refractivity contribution in [2.45, 2.75) is 0 Å². The van der Waals surface area contributed by atoms with Crippen molar-refractivity contribution in [3.8, 4) is 11.5 Å². The molecule has 0 bridgehead atoms. The number of halogens is 2. The molecule has 0 aliphatic rings. The van der Waals surface area contributed by atoms with Gasteiger partial charge >= 0.3 is 5.97 Å². The second-order valence-corrected chi connectivity index (χ2v) is 7.80. The molecule has 0 heterocycles. The maximum Gasteiger partial charge on any atom is 0.345 e. The van der Waals surface area contributed by atoms with E-state index in [0.29, 0.717) is 16.1 Å². The van der Waals surface area contributed by atoms with E-state index in [1.54, 1.807) is 12.1 Å². The van der Waals surface area contributed by atoms with Crippen molar-refractivity contribution in [3.05, 3.63) is 106 Å². The molecule has 0 saturated carbocycles. The summed E-state index contributed by atoms with van der Waals surface area (Å²) in [7, 11) is 0. The average molecular weight is 479 g/mol. The Hall–Kier alpha value is -3.87. The average Bonchev–Trinajstić information content (AvgIpc) is 2.80. The molecule has 0 radical (unpaired) electrons. The van der Waals surface area contributed by atoms with E-state index >= 15 is 0 Å². The van der Waals surface area contributed by atoms with E-state index in [9.17, 15) is 14.7 Å². The fraction of sp³-hybridized carbons (Fsp3) is 0. The highest BCUT2D eigenvalue weighted by atomic mass is 35.5. The van der Waals surface area contributed by atoms with Gasteiger partial charge in [-0.2, -0.15) is 5.10 Å². The van der Waals surface area contributed by atoms with Crippen molar-refractivity contribution < 1.29 is 19.4 Å². The minimum Gasteiger partial charge on any atom is -0.508 e. The number of carbonyl (C=O) groups is 2. The number of esters is 1. The fourth-order valence-electron chi connectivity index (χ4n) is 3.14. The SMILES string of the molecule is O=C(N/N=C\c1c(OC(=O)c2ccc(Cl)cc2Cl)ccc2ccccc12)c1ccc(O)cc1. The van der Waals surface area contributed by atoms with Crippen LogP contribution in [0.4, 0.5) is 0 Å². The summed E-state index contributed by atoms with van der Waals surface area (Å²) in [4.78, 5) is 25.0. The number of nitrogens with one attached hydrogen (secondary N) is 1. The molecular weight excluding hydrogens is 463 g/mol. The third-order valence-electron chi connectivity index (χ3n) is 4.77. The zero-order valence-corrected chi connectivity index (χ0v) is 18.5. The maximum atomic E-state index is 12.7. The van der Waals surface area contributed by atoms with E-state index in [2.05, 4.69) is 10.5 Å². The Kier molecular flexibility index (Phi) is 6.58. The summed E-state index contributed by atoms with van der Waals surface area (Å²) in [6.07, 6.45) is 1.41. The zero-order chi connectivity index (χ0) is 23.4. The number of rotatable bonds is 5. The van der Waals surface area contributed by atoms with Gasteiger partial charge in [0.1, 0.15) is 11.5 Å². The lowest BCUT2D eigenvalue weighted by atomic mass is 10.0. The topological polar surface area (TPSA) is 88.0 Å². The Morgan fingerprint density at radius 2 is 1.70 bits per heavy atom. The number of nitrogens with zero attached hydrogens (tertiary/aromatic N) is 1. The van der Waals surface area contributed by atoms with Crippen molar-refractivity contribution in [2.75, 3.05) is 0 Å². The molecule has 1 amide bonds. The minimum atomic E-state index is -0.658. The Morgan fingerprint density at radius 3 is 2.45 bits per heavy atom. The number of phenolic OH excluding ortho intramolecular Hbond substituents is 1. The van der Waals surface area contributed by atoms with Gasteiger partial charge in [0.05, 0.1) is 16.8 Å². The van der Waals surface area contributed by atoms with Crippen LogP contribution in [0.5, 0.6) is 11.5 Å². The van der Waals surface area contributed by atoms with Crippen LogP contribution in [-0.4, -0.2) is 23.2 Å². The Bertz CT molecular complexity index is 1390. The van der Waals surface area contributed by atoms with Crippen LogP contribution in [0.3, 0.4) is 0 Å². The number of amides is 1. The van der Waals surface area contributed by atoms with Crippen molar-refractivity contribution in [1.29, 1.82) is 0 Å². The number of phenols is 1. The lowest BCUT2D eigenvalue weighted by Crippen LogP contribution is -2.17. The predicted octanol–water partition coefficient (Wildman–Crippen LogP) is 5.84. The summed E-state index contributed by atoms with van der Waals surface area (Å²) >= 11 is 12.0. The molecule has 0 fully saturated rings. The van der Waals surface area contributed by atoms with Crippen molar-refractivity contribution in [2.24, 2.45) is 5.10 Å². The van der Waals surface area contributed by atoms with Gasteiger partial charge in [0, 0.05) is 16.1 Å². The molecule has 0 aliphatic heterocycles. The molecule has 0 atom stereocenters. The van der Waals surface area contributed by atoms with Crippen LogP contribution in [0.1, 0.15) is 26.3 Å². The molecule has 4 rings (SSSR count). The molecule has 33 heavy (non-hydrogen) atoms. The number of hydrogen-bond acceptors (Lipinski definition) is 5. The van der Waals surface area contributed by atoms with Gasteiger partial charge in [-0.15, -0.1) is 0 Å². The number of hydrogen-bond donors (Lipinski definition) is 2. The lowest BCUT2D eigenvalue weighted by molar-refractivity contribution is 0.0734. The highest BCUT2D eigenvalue weighted by Gasteiger charge is 2.16. The van der Waals surface area contributed by atoms with Crippen molar-refractivity contribution in [1.82, 2.24) is 5.43 Å². The third-order valence-corrected chi connectivity index (χ3v) is 5.32. The van der Waals surface area contributed by atoms with E-state index in [4.69, 9.17) is 27.9 Å². The monoisotopic (exact) mass is 478 g/mol. The summed E-state index contributed by atoms with van der Waals surface area (Å²) < 4.78 is 5.62. The quantitative estimate of drug-likeness (QED) is 0.163. The normalized spacial score (nSPS) is 11.0. The second-order valence-electron chi connectivity index (χ2n) is 6.96. The van der Waals surface area contributed by atoms with Crippen molar-refractivity contribution >= 4 is 52.1 Å². The van der Waals surface area contributed by atoms with Crippen LogP contribution < -0.4 is 10.2 Å².